The van der Waals surface area contributed by atoms with Crippen molar-refractivity contribution in [3.63, 3.8) is 0 Å². The van der Waals surface area contributed by atoms with Crippen molar-refractivity contribution in [1.82, 2.24) is 4.90 Å². The number of hydrogen-bond donors (Lipinski definition) is 2. The third kappa shape index (κ3) is 4.71. The van der Waals surface area contributed by atoms with E-state index >= 15 is 0 Å². The summed E-state index contributed by atoms with van der Waals surface area (Å²) >= 11 is 0. The average molecular weight is 471 g/mol. The fourth-order valence-corrected chi connectivity index (χ4v) is 4.90. The molecule has 3 aromatic carbocycles. The number of aliphatic hydroxyl groups is 1. The predicted octanol–water partition coefficient (Wildman–Crippen LogP) is 4.41. The summed E-state index contributed by atoms with van der Waals surface area (Å²) in [5.41, 5.74) is 4.18. The Labute approximate surface area is 203 Å². The molecule has 2 unspecified atom stereocenters. The molecule has 0 saturated carbocycles. The number of fused-ring (bicyclic) bond motifs is 1. The number of carbonyl (C=O) groups excluding carboxylic acids is 1. The molecule has 1 amide bonds. The van der Waals surface area contributed by atoms with E-state index in [-0.39, 0.29) is 24.2 Å². The molecular formula is C27H26N4O4. The van der Waals surface area contributed by atoms with Crippen molar-refractivity contribution in [2.75, 3.05) is 18.5 Å². The van der Waals surface area contributed by atoms with Crippen LogP contribution in [0.15, 0.2) is 77.8 Å². The molecule has 8 nitrogen and oxygen atoms in total. The monoisotopic (exact) mass is 470 g/mol. The van der Waals surface area contributed by atoms with Gasteiger partial charge >= 0.3 is 0 Å². The van der Waals surface area contributed by atoms with Crippen LogP contribution in [0.5, 0.6) is 0 Å². The van der Waals surface area contributed by atoms with Crippen molar-refractivity contribution in [3.05, 3.63) is 99.6 Å². The zero-order chi connectivity index (χ0) is 24.4. The second-order valence-electron chi connectivity index (χ2n) is 8.93. The lowest BCUT2D eigenvalue weighted by molar-refractivity contribution is -0.384. The van der Waals surface area contributed by atoms with Crippen molar-refractivity contribution in [2.24, 2.45) is 4.99 Å². The molecule has 0 bridgehead atoms. The second-order valence-corrected chi connectivity index (χ2v) is 8.93. The van der Waals surface area contributed by atoms with Crippen LogP contribution in [0.4, 0.5) is 17.1 Å². The van der Waals surface area contributed by atoms with Gasteiger partial charge in [0.05, 0.1) is 22.9 Å². The largest absolute Gasteiger partial charge is 0.395 e. The van der Waals surface area contributed by atoms with Gasteiger partial charge in [-0.3, -0.25) is 24.8 Å². The van der Waals surface area contributed by atoms with Crippen molar-refractivity contribution < 1.29 is 14.8 Å². The summed E-state index contributed by atoms with van der Waals surface area (Å²) in [6.07, 6.45) is 2.11. The van der Waals surface area contributed by atoms with Crippen LogP contribution in [0.3, 0.4) is 0 Å². The Morgan fingerprint density at radius 2 is 1.89 bits per heavy atom. The van der Waals surface area contributed by atoms with E-state index in [1.807, 2.05) is 54.6 Å². The summed E-state index contributed by atoms with van der Waals surface area (Å²) in [5, 5.41) is 23.8. The molecule has 0 spiro atoms. The van der Waals surface area contributed by atoms with Gasteiger partial charge in [-0.15, -0.1) is 0 Å². The minimum Gasteiger partial charge on any atom is -0.395 e. The molecule has 1 fully saturated rings. The number of nitro benzene ring substituents is 1. The molecule has 35 heavy (non-hydrogen) atoms. The molecule has 8 heteroatoms. The first-order valence-corrected chi connectivity index (χ1v) is 11.7. The van der Waals surface area contributed by atoms with E-state index in [1.54, 1.807) is 6.07 Å². The van der Waals surface area contributed by atoms with Crippen molar-refractivity contribution >= 4 is 28.7 Å². The molecule has 2 heterocycles. The van der Waals surface area contributed by atoms with Crippen molar-refractivity contribution in [3.8, 4) is 0 Å². The smallest absolute Gasteiger partial charge is 0.269 e. The highest BCUT2D eigenvalue weighted by Gasteiger charge is 2.36. The van der Waals surface area contributed by atoms with Crippen LogP contribution in [0.25, 0.3) is 0 Å². The number of amides is 1. The highest BCUT2D eigenvalue weighted by Crippen LogP contribution is 2.38. The predicted molar refractivity (Wildman–Crippen MR) is 134 cm³/mol. The number of anilines is 1. The lowest BCUT2D eigenvalue weighted by Crippen LogP contribution is -2.31. The molecule has 3 aromatic rings. The van der Waals surface area contributed by atoms with E-state index in [0.717, 1.165) is 37.1 Å². The normalized spacial score (nSPS) is 20.0. The Bertz CT molecular complexity index is 1270. The van der Waals surface area contributed by atoms with E-state index in [1.165, 1.54) is 12.1 Å². The molecule has 2 N–H and O–H groups in total. The van der Waals surface area contributed by atoms with Crippen LogP contribution in [0, 0.1) is 10.1 Å². The van der Waals surface area contributed by atoms with Gasteiger partial charge in [-0.25, -0.2) is 0 Å². The topological polar surface area (TPSA) is 108 Å². The van der Waals surface area contributed by atoms with Gasteiger partial charge in [0.25, 0.3) is 5.69 Å². The Morgan fingerprint density at radius 3 is 2.60 bits per heavy atom. The maximum atomic E-state index is 13.0. The van der Waals surface area contributed by atoms with Gasteiger partial charge in [0.15, 0.2) is 0 Å². The average Bonchev–Trinajstić information content (AvgIpc) is 3.46. The second kappa shape index (κ2) is 9.77. The number of aliphatic imine (C=N–C) groups is 1. The van der Waals surface area contributed by atoms with Gasteiger partial charge in [0, 0.05) is 36.0 Å². The van der Waals surface area contributed by atoms with Gasteiger partial charge in [-0.05, 0) is 48.7 Å². The number of hydrogen-bond acceptors (Lipinski definition) is 6. The minimum absolute atomic E-state index is 0.0647. The summed E-state index contributed by atoms with van der Waals surface area (Å²) in [5.74, 6) is -1.02. The van der Waals surface area contributed by atoms with Crippen LogP contribution < -0.4 is 5.32 Å². The summed E-state index contributed by atoms with van der Waals surface area (Å²) in [7, 11) is 0. The van der Waals surface area contributed by atoms with Crippen LogP contribution in [0.1, 0.15) is 35.4 Å². The third-order valence-electron chi connectivity index (χ3n) is 6.70. The molecule has 2 aliphatic rings. The molecule has 0 radical (unpaired) electrons. The summed E-state index contributed by atoms with van der Waals surface area (Å²) in [6, 6.07) is 21.9. The first-order valence-electron chi connectivity index (χ1n) is 11.7. The van der Waals surface area contributed by atoms with E-state index in [9.17, 15) is 20.0 Å². The summed E-state index contributed by atoms with van der Waals surface area (Å²) in [4.78, 5) is 31.1. The van der Waals surface area contributed by atoms with Crippen LogP contribution in [-0.4, -0.2) is 45.7 Å². The molecule has 1 saturated heterocycles. The quantitative estimate of drug-likeness (QED) is 0.302. The summed E-state index contributed by atoms with van der Waals surface area (Å²) < 4.78 is 0. The number of nitrogens with one attached hydrogen (secondary N) is 1. The number of carbonyl (C=O) groups is 1. The minimum atomic E-state index is -0.762. The number of aliphatic hydroxyl groups excluding tert-OH is 1. The van der Waals surface area contributed by atoms with E-state index < -0.39 is 10.8 Å². The Hall–Kier alpha value is -3.88. The van der Waals surface area contributed by atoms with Crippen molar-refractivity contribution in [2.45, 2.75) is 31.3 Å². The Balaban J connectivity index is 1.50. The van der Waals surface area contributed by atoms with E-state index in [0.29, 0.717) is 22.6 Å². The molecule has 2 aliphatic heterocycles. The molecule has 0 aromatic heterocycles. The highest BCUT2D eigenvalue weighted by molar-refractivity contribution is 6.24. The summed E-state index contributed by atoms with van der Waals surface area (Å²) in [6.45, 7) is 1.92. The fourth-order valence-electron chi connectivity index (χ4n) is 4.90. The number of nitrogens with zero attached hydrogens (tertiary/aromatic N) is 3. The highest BCUT2D eigenvalue weighted by atomic mass is 16.6. The first kappa shape index (κ1) is 22.9. The molecular weight excluding hydrogens is 444 g/mol. The van der Waals surface area contributed by atoms with Crippen LogP contribution in [-0.2, 0) is 11.3 Å². The number of non-ortho nitro benzene ring substituents is 1. The Morgan fingerprint density at radius 1 is 1.11 bits per heavy atom. The number of nitro groups is 1. The molecule has 0 aliphatic carbocycles. The van der Waals surface area contributed by atoms with Crippen LogP contribution in [0.2, 0.25) is 0 Å². The first-order chi connectivity index (χ1) is 17.0. The number of benzene rings is 3. The zero-order valence-corrected chi connectivity index (χ0v) is 19.1. The fraction of sp³-hybridized carbons (Fsp3) is 0.259. The Kier molecular flexibility index (Phi) is 6.39. The SMILES string of the molecule is O=C1Nc2ccc([N+](=O)[O-])cc2C1C(=Nc1ccc(CN2CCCC2CO)cc1)c1ccccc1. The lowest BCUT2D eigenvalue weighted by atomic mass is 9.90. The molecule has 2 atom stereocenters. The van der Waals surface area contributed by atoms with Crippen LogP contribution >= 0.6 is 0 Å². The van der Waals surface area contributed by atoms with Gasteiger partial charge in [-0.1, -0.05) is 42.5 Å². The third-order valence-corrected chi connectivity index (χ3v) is 6.70. The maximum Gasteiger partial charge on any atom is 0.269 e. The van der Waals surface area contributed by atoms with E-state index in [4.69, 9.17) is 4.99 Å². The standard InChI is InChI=1S/C27H26N4O4/c32-17-22-7-4-14-30(22)16-18-8-10-20(11-9-18)28-26(19-5-2-1-3-6-19)25-23-15-21(31(34)35)12-13-24(23)29-27(25)33/h1-3,5-6,8-13,15,22,25,32H,4,7,14,16-17H2,(H,29,33). The lowest BCUT2D eigenvalue weighted by Gasteiger charge is -2.22. The number of rotatable bonds is 7. The number of likely N-dealkylation sites (tertiary alicyclic amines) is 1. The van der Waals surface area contributed by atoms with Gasteiger partial charge < -0.3 is 10.4 Å². The maximum absolute atomic E-state index is 13.0. The van der Waals surface area contributed by atoms with Gasteiger partial charge in [0.2, 0.25) is 5.91 Å². The van der Waals surface area contributed by atoms with Gasteiger partial charge in [0.1, 0.15) is 5.92 Å². The van der Waals surface area contributed by atoms with E-state index in [2.05, 4.69) is 10.2 Å². The van der Waals surface area contributed by atoms with Crippen molar-refractivity contribution in [1.29, 1.82) is 0 Å². The van der Waals surface area contributed by atoms with Gasteiger partial charge in [-0.2, -0.15) is 0 Å². The molecule has 5 rings (SSSR count). The molecule has 178 valence electrons. The zero-order valence-electron chi connectivity index (χ0n) is 19.1.